The van der Waals surface area contributed by atoms with Crippen molar-refractivity contribution in [3.05, 3.63) is 35.4 Å². The molecule has 1 aromatic rings. The molecule has 0 fully saturated rings. The molecule has 7 nitrogen and oxygen atoms in total. The van der Waals surface area contributed by atoms with E-state index >= 15 is 0 Å². The van der Waals surface area contributed by atoms with Gasteiger partial charge in [0, 0.05) is 0 Å². The fraction of sp³-hybridized carbons (Fsp3) is 0.375. The van der Waals surface area contributed by atoms with Crippen molar-refractivity contribution < 1.29 is 29.0 Å². The van der Waals surface area contributed by atoms with Gasteiger partial charge in [-0.1, -0.05) is 19.1 Å². The SMILES string of the molecule is CCC(C(=O)O)C(=O)COCCN1C(=O)c2ccccc2C1=O. The topological polar surface area (TPSA) is 101 Å². The summed E-state index contributed by atoms with van der Waals surface area (Å²) in [5, 5.41) is 8.87. The molecule has 0 spiro atoms. The number of hydrogen-bond acceptors (Lipinski definition) is 5. The molecule has 2 amide bonds. The Labute approximate surface area is 132 Å². The number of carboxylic acids is 1. The number of aliphatic carboxylic acids is 1. The van der Waals surface area contributed by atoms with Crippen LogP contribution < -0.4 is 0 Å². The van der Waals surface area contributed by atoms with Crippen LogP contribution >= 0.6 is 0 Å². The first-order chi connectivity index (χ1) is 11.0. The van der Waals surface area contributed by atoms with E-state index in [0.717, 1.165) is 4.90 Å². The van der Waals surface area contributed by atoms with E-state index in [9.17, 15) is 19.2 Å². The molecular formula is C16H17NO6. The summed E-state index contributed by atoms with van der Waals surface area (Å²) in [6, 6.07) is 6.52. The highest BCUT2D eigenvalue weighted by Gasteiger charge is 2.34. The number of carboxylic acid groups (broad SMARTS) is 1. The van der Waals surface area contributed by atoms with Crippen molar-refractivity contribution in [3.8, 4) is 0 Å². The summed E-state index contributed by atoms with van der Waals surface area (Å²) in [7, 11) is 0. The Morgan fingerprint density at radius 3 is 2.22 bits per heavy atom. The standard InChI is InChI=1S/C16H17NO6/c1-2-10(16(21)22)13(18)9-23-8-7-17-14(19)11-5-3-4-6-12(11)15(17)20/h3-6,10H,2,7-9H2,1H3,(H,21,22). The quantitative estimate of drug-likeness (QED) is 0.435. The Hall–Kier alpha value is -2.54. The largest absolute Gasteiger partial charge is 0.481 e. The van der Waals surface area contributed by atoms with Gasteiger partial charge in [0.15, 0.2) is 5.78 Å². The highest BCUT2D eigenvalue weighted by atomic mass is 16.5. The summed E-state index contributed by atoms with van der Waals surface area (Å²) in [5.41, 5.74) is 0.705. The Morgan fingerprint density at radius 2 is 1.74 bits per heavy atom. The molecule has 1 aliphatic rings. The van der Waals surface area contributed by atoms with Gasteiger partial charge in [-0.05, 0) is 18.6 Å². The number of carbonyl (C=O) groups excluding carboxylic acids is 3. The molecule has 1 atom stereocenters. The van der Waals surface area contributed by atoms with Gasteiger partial charge in [-0.3, -0.25) is 24.1 Å². The zero-order valence-electron chi connectivity index (χ0n) is 12.7. The van der Waals surface area contributed by atoms with Crippen molar-refractivity contribution in [3.63, 3.8) is 0 Å². The first kappa shape index (κ1) is 16.8. The zero-order valence-corrected chi connectivity index (χ0v) is 12.7. The normalized spacial score (nSPS) is 14.7. The van der Waals surface area contributed by atoms with Crippen LogP contribution in [0.25, 0.3) is 0 Å². The third kappa shape index (κ3) is 3.45. The van der Waals surface area contributed by atoms with Crippen LogP contribution in [0.5, 0.6) is 0 Å². The number of Topliss-reactive ketones (excluding diaryl/α,β-unsaturated/α-hetero) is 1. The van der Waals surface area contributed by atoms with Crippen LogP contribution in [0.15, 0.2) is 24.3 Å². The van der Waals surface area contributed by atoms with Gasteiger partial charge in [0.1, 0.15) is 12.5 Å². The fourth-order valence-corrected chi connectivity index (χ4v) is 2.41. The molecule has 1 aliphatic heterocycles. The van der Waals surface area contributed by atoms with Crippen LogP contribution in [-0.2, 0) is 14.3 Å². The average molecular weight is 319 g/mol. The number of carbonyl (C=O) groups is 4. The molecule has 0 saturated carbocycles. The second kappa shape index (κ2) is 7.15. The molecule has 2 rings (SSSR count). The third-order valence-corrected chi connectivity index (χ3v) is 3.68. The average Bonchev–Trinajstić information content (AvgIpc) is 2.77. The number of ether oxygens (including phenoxy) is 1. The Morgan fingerprint density at radius 1 is 1.17 bits per heavy atom. The predicted octanol–water partition coefficient (Wildman–Crippen LogP) is 0.979. The van der Waals surface area contributed by atoms with E-state index in [0.29, 0.717) is 11.1 Å². The summed E-state index contributed by atoms with van der Waals surface area (Å²) in [6.45, 7) is 1.25. The molecule has 122 valence electrons. The summed E-state index contributed by atoms with van der Waals surface area (Å²) >= 11 is 0. The first-order valence-electron chi connectivity index (χ1n) is 7.25. The second-order valence-corrected chi connectivity index (χ2v) is 5.13. The number of imide groups is 1. The lowest BCUT2D eigenvalue weighted by atomic mass is 10.0. The predicted molar refractivity (Wildman–Crippen MR) is 79.1 cm³/mol. The van der Waals surface area contributed by atoms with E-state index < -0.39 is 29.5 Å². The van der Waals surface area contributed by atoms with Crippen molar-refractivity contribution in [2.24, 2.45) is 5.92 Å². The molecule has 1 heterocycles. The lowest BCUT2D eigenvalue weighted by Crippen LogP contribution is -2.34. The van der Waals surface area contributed by atoms with E-state index in [1.807, 2.05) is 0 Å². The fourth-order valence-electron chi connectivity index (χ4n) is 2.41. The zero-order chi connectivity index (χ0) is 17.0. The van der Waals surface area contributed by atoms with Crippen molar-refractivity contribution in [2.75, 3.05) is 19.8 Å². The third-order valence-electron chi connectivity index (χ3n) is 3.68. The minimum atomic E-state index is -1.18. The maximum atomic E-state index is 12.1. The molecule has 23 heavy (non-hydrogen) atoms. The van der Waals surface area contributed by atoms with Crippen molar-refractivity contribution in [1.29, 1.82) is 0 Å². The highest BCUT2D eigenvalue weighted by molar-refractivity contribution is 6.21. The van der Waals surface area contributed by atoms with Gasteiger partial charge >= 0.3 is 5.97 Å². The highest BCUT2D eigenvalue weighted by Crippen LogP contribution is 2.21. The Bertz CT molecular complexity index is 619. The maximum absolute atomic E-state index is 12.1. The van der Waals surface area contributed by atoms with Gasteiger partial charge in [0.2, 0.25) is 0 Å². The molecule has 0 aliphatic carbocycles. The van der Waals surface area contributed by atoms with E-state index in [4.69, 9.17) is 9.84 Å². The summed E-state index contributed by atoms with van der Waals surface area (Å²) in [5.74, 6) is -3.58. The van der Waals surface area contributed by atoms with Crippen molar-refractivity contribution in [1.82, 2.24) is 4.90 Å². The number of fused-ring (bicyclic) bond motifs is 1. The summed E-state index contributed by atoms with van der Waals surface area (Å²) in [6.07, 6.45) is 0.190. The maximum Gasteiger partial charge on any atom is 0.314 e. The molecule has 1 aromatic carbocycles. The molecule has 0 saturated heterocycles. The minimum absolute atomic E-state index is 0.0174. The Balaban J connectivity index is 1.84. The van der Waals surface area contributed by atoms with E-state index in [2.05, 4.69) is 0 Å². The Kier molecular flexibility index (Phi) is 5.23. The van der Waals surface area contributed by atoms with Crippen molar-refractivity contribution in [2.45, 2.75) is 13.3 Å². The van der Waals surface area contributed by atoms with Gasteiger partial charge in [-0.2, -0.15) is 0 Å². The van der Waals surface area contributed by atoms with Crippen LogP contribution in [0.1, 0.15) is 34.1 Å². The van der Waals surface area contributed by atoms with Crippen LogP contribution in [0.3, 0.4) is 0 Å². The molecule has 7 heteroatoms. The van der Waals surface area contributed by atoms with Gasteiger partial charge in [-0.25, -0.2) is 0 Å². The summed E-state index contributed by atoms with van der Waals surface area (Å²) < 4.78 is 5.13. The number of hydrogen-bond donors (Lipinski definition) is 1. The second-order valence-electron chi connectivity index (χ2n) is 5.13. The number of nitrogens with zero attached hydrogens (tertiary/aromatic N) is 1. The van der Waals surface area contributed by atoms with Crippen LogP contribution in [-0.4, -0.2) is 53.3 Å². The molecule has 0 bridgehead atoms. The van der Waals surface area contributed by atoms with Crippen molar-refractivity contribution >= 4 is 23.6 Å². The number of ketones is 1. The first-order valence-corrected chi connectivity index (χ1v) is 7.25. The number of benzene rings is 1. The molecular weight excluding hydrogens is 302 g/mol. The number of amides is 2. The smallest absolute Gasteiger partial charge is 0.314 e. The van der Waals surface area contributed by atoms with E-state index in [1.165, 1.54) is 0 Å². The van der Waals surface area contributed by atoms with Gasteiger partial charge in [0.25, 0.3) is 11.8 Å². The number of rotatable bonds is 8. The van der Waals surface area contributed by atoms with Crippen LogP contribution in [0.4, 0.5) is 0 Å². The lowest BCUT2D eigenvalue weighted by molar-refractivity contribution is -0.147. The summed E-state index contributed by atoms with van der Waals surface area (Å²) in [4.78, 5) is 47.7. The van der Waals surface area contributed by atoms with Crippen LogP contribution in [0.2, 0.25) is 0 Å². The molecule has 0 radical (unpaired) electrons. The van der Waals surface area contributed by atoms with Crippen LogP contribution in [0, 0.1) is 5.92 Å². The molecule has 0 aromatic heterocycles. The van der Waals surface area contributed by atoms with Gasteiger partial charge in [0.05, 0.1) is 24.3 Å². The van der Waals surface area contributed by atoms with Gasteiger partial charge < -0.3 is 9.84 Å². The van der Waals surface area contributed by atoms with E-state index in [-0.39, 0.29) is 26.2 Å². The lowest BCUT2D eigenvalue weighted by Gasteiger charge is -2.14. The molecule has 1 N–H and O–H groups in total. The van der Waals surface area contributed by atoms with Gasteiger partial charge in [-0.15, -0.1) is 0 Å². The van der Waals surface area contributed by atoms with E-state index in [1.54, 1.807) is 31.2 Å². The molecule has 1 unspecified atom stereocenters. The monoisotopic (exact) mass is 319 g/mol. The minimum Gasteiger partial charge on any atom is -0.481 e.